The van der Waals surface area contributed by atoms with Crippen molar-refractivity contribution in [1.82, 2.24) is 10.0 Å². The summed E-state index contributed by atoms with van der Waals surface area (Å²) < 4.78 is 31.3. The normalized spacial score (nSPS) is 19.5. The van der Waals surface area contributed by atoms with E-state index in [4.69, 9.17) is 4.74 Å². The minimum absolute atomic E-state index is 0.0536. The van der Waals surface area contributed by atoms with Crippen molar-refractivity contribution in [3.05, 3.63) is 17.5 Å². The zero-order chi connectivity index (χ0) is 13.7. The number of rotatable bonds is 6. The molecule has 0 radical (unpaired) electrons. The summed E-state index contributed by atoms with van der Waals surface area (Å²) in [5.74, 6) is -0.351. The second-order valence-electron chi connectivity index (χ2n) is 4.20. The van der Waals surface area contributed by atoms with Gasteiger partial charge in [-0.3, -0.25) is 4.79 Å². The van der Waals surface area contributed by atoms with Crippen LogP contribution in [0, 0.1) is 0 Å². The van der Waals surface area contributed by atoms with Crippen molar-refractivity contribution in [2.75, 3.05) is 19.7 Å². The van der Waals surface area contributed by atoms with Gasteiger partial charge in [-0.2, -0.15) is 0 Å². The summed E-state index contributed by atoms with van der Waals surface area (Å²) in [4.78, 5) is 11.5. The van der Waals surface area contributed by atoms with Gasteiger partial charge < -0.3 is 10.1 Å². The lowest BCUT2D eigenvalue weighted by molar-refractivity contribution is -0.120. The first-order chi connectivity index (χ1) is 9.08. The highest BCUT2D eigenvalue weighted by Gasteiger charge is 2.18. The van der Waals surface area contributed by atoms with Crippen LogP contribution in [0.25, 0.3) is 0 Å². The molecule has 1 amide bonds. The molecule has 0 bridgehead atoms. The lowest BCUT2D eigenvalue weighted by Crippen LogP contribution is -2.39. The number of ether oxygens (including phenoxy) is 1. The van der Waals surface area contributed by atoms with E-state index in [2.05, 4.69) is 10.0 Å². The number of nitrogens with one attached hydrogen (secondary N) is 2. The molecule has 6 nitrogen and oxygen atoms in total. The van der Waals surface area contributed by atoms with Crippen molar-refractivity contribution < 1.29 is 17.9 Å². The van der Waals surface area contributed by atoms with Gasteiger partial charge in [-0.1, -0.05) is 6.07 Å². The first kappa shape index (κ1) is 14.4. The van der Waals surface area contributed by atoms with Gasteiger partial charge in [0.05, 0.1) is 12.6 Å². The van der Waals surface area contributed by atoms with Gasteiger partial charge in [0.25, 0.3) is 10.0 Å². The van der Waals surface area contributed by atoms with Crippen molar-refractivity contribution in [3.63, 3.8) is 0 Å². The Morgan fingerprint density at radius 2 is 2.37 bits per heavy atom. The fraction of sp³-hybridized carbons (Fsp3) is 0.545. The molecule has 0 saturated carbocycles. The lowest BCUT2D eigenvalue weighted by Gasteiger charge is -2.11. The Morgan fingerprint density at radius 3 is 3.00 bits per heavy atom. The van der Waals surface area contributed by atoms with E-state index in [0.29, 0.717) is 6.54 Å². The highest BCUT2D eigenvalue weighted by molar-refractivity contribution is 7.91. The van der Waals surface area contributed by atoms with Gasteiger partial charge >= 0.3 is 0 Å². The Balaban J connectivity index is 1.74. The monoisotopic (exact) mass is 304 g/mol. The number of carbonyl (C=O) groups is 1. The zero-order valence-corrected chi connectivity index (χ0v) is 11.9. The first-order valence-corrected chi connectivity index (χ1v) is 8.36. The van der Waals surface area contributed by atoms with Crippen LogP contribution >= 0.6 is 11.3 Å². The summed E-state index contributed by atoms with van der Waals surface area (Å²) >= 11 is 1.11. The largest absolute Gasteiger partial charge is 0.376 e. The van der Waals surface area contributed by atoms with Gasteiger partial charge in [-0.05, 0) is 24.3 Å². The molecular weight excluding hydrogens is 288 g/mol. The molecule has 0 aliphatic carbocycles. The molecule has 1 aliphatic rings. The van der Waals surface area contributed by atoms with Crippen LogP contribution in [0.15, 0.2) is 21.7 Å². The molecule has 19 heavy (non-hydrogen) atoms. The molecule has 1 saturated heterocycles. The molecule has 1 atom stereocenters. The van der Waals surface area contributed by atoms with Crippen LogP contribution in [0.3, 0.4) is 0 Å². The third-order valence-corrected chi connectivity index (χ3v) is 5.53. The van der Waals surface area contributed by atoms with Crippen LogP contribution < -0.4 is 10.0 Å². The average molecular weight is 304 g/mol. The van der Waals surface area contributed by atoms with Crippen molar-refractivity contribution in [1.29, 1.82) is 0 Å². The van der Waals surface area contributed by atoms with Crippen LogP contribution in [0.5, 0.6) is 0 Å². The minimum atomic E-state index is -3.57. The standard InChI is InChI=1S/C11H16N2O4S2/c14-10(12-7-9-3-1-5-17-9)8-13-19(15,16)11-4-2-6-18-11/h2,4,6,9,13H,1,3,5,7-8H2,(H,12,14)/t9-/m0/s1. The summed E-state index contributed by atoms with van der Waals surface area (Å²) in [5, 5.41) is 4.33. The van der Waals surface area contributed by atoms with E-state index in [1.54, 1.807) is 11.4 Å². The molecule has 2 heterocycles. The zero-order valence-electron chi connectivity index (χ0n) is 10.3. The number of thiophene rings is 1. The molecule has 0 spiro atoms. The molecule has 1 fully saturated rings. The number of hydrogen-bond donors (Lipinski definition) is 2. The Kier molecular flexibility index (Phi) is 4.92. The molecule has 106 valence electrons. The van der Waals surface area contributed by atoms with Crippen LogP contribution in [0.1, 0.15) is 12.8 Å². The molecule has 1 aromatic rings. The Labute approximate surface area is 116 Å². The van der Waals surface area contributed by atoms with Crippen molar-refractivity contribution in [2.45, 2.75) is 23.2 Å². The minimum Gasteiger partial charge on any atom is -0.376 e. The Hall–Kier alpha value is -0.960. The van der Waals surface area contributed by atoms with E-state index in [0.717, 1.165) is 30.8 Å². The number of amides is 1. The van der Waals surface area contributed by atoms with E-state index in [1.165, 1.54) is 6.07 Å². The Morgan fingerprint density at radius 1 is 1.53 bits per heavy atom. The summed E-state index contributed by atoms with van der Waals surface area (Å²) in [7, 11) is -3.57. The summed E-state index contributed by atoms with van der Waals surface area (Å²) in [6.45, 7) is 0.901. The van der Waals surface area contributed by atoms with Crippen molar-refractivity contribution in [3.8, 4) is 0 Å². The lowest BCUT2D eigenvalue weighted by atomic mass is 10.2. The molecule has 1 aliphatic heterocycles. The van der Waals surface area contributed by atoms with Crippen molar-refractivity contribution in [2.24, 2.45) is 0 Å². The molecule has 2 rings (SSSR count). The quantitative estimate of drug-likeness (QED) is 0.793. The number of carbonyl (C=O) groups excluding carboxylic acids is 1. The SMILES string of the molecule is O=C(CNS(=O)(=O)c1cccs1)NC[C@@H]1CCCO1. The fourth-order valence-electron chi connectivity index (χ4n) is 1.74. The predicted octanol–water partition coefficient (Wildman–Crippen LogP) is 0.322. The Bertz CT molecular complexity index is 507. The van der Waals surface area contributed by atoms with Crippen LogP contribution in [-0.2, 0) is 19.6 Å². The van der Waals surface area contributed by atoms with Crippen LogP contribution in [0.4, 0.5) is 0 Å². The molecule has 8 heteroatoms. The van der Waals surface area contributed by atoms with Crippen LogP contribution in [-0.4, -0.2) is 40.1 Å². The fourth-order valence-corrected chi connectivity index (χ4v) is 3.76. The van der Waals surface area contributed by atoms with E-state index >= 15 is 0 Å². The van der Waals surface area contributed by atoms with Gasteiger partial charge in [0, 0.05) is 13.2 Å². The summed E-state index contributed by atoms with van der Waals surface area (Å²) in [6.07, 6.45) is 1.99. The number of sulfonamides is 1. The first-order valence-electron chi connectivity index (χ1n) is 5.99. The third-order valence-electron chi connectivity index (χ3n) is 2.73. The van der Waals surface area contributed by atoms with E-state index in [-0.39, 0.29) is 22.8 Å². The summed E-state index contributed by atoms with van der Waals surface area (Å²) in [5.41, 5.74) is 0. The van der Waals surface area contributed by atoms with Crippen molar-refractivity contribution >= 4 is 27.3 Å². The maximum atomic E-state index is 11.8. The topological polar surface area (TPSA) is 84.5 Å². The van der Waals surface area contributed by atoms with Crippen LogP contribution in [0.2, 0.25) is 0 Å². The van der Waals surface area contributed by atoms with E-state index in [9.17, 15) is 13.2 Å². The highest BCUT2D eigenvalue weighted by Crippen LogP contribution is 2.14. The van der Waals surface area contributed by atoms with E-state index in [1.807, 2.05) is 0 Å². The number of hydrogen-bond acceptors (Lipinski definition) is 5. The van der Waals surface area contributed by atoms with Gasteiger partial charge in [-0.15, -0.1) is 11.3 Å². The molecule has 0 aromatic carbocycles. The summed E-state index contributed by atoms with van der Waals surface area (Å²) in [6, 6.07) is 3.15. The maximum Gasteiger partial charge on any atom is 0.250 e. The van der Waals surface area contributed by atoms with Gasteiger partial charge in [0.1, 0.15) is 4.21 Å². The molecule has 2 N–H and O–H groups in total. The van der Waals surface area contributed by atoms with Gasteiger partial charge in [0.15, 0.2) is 0 Å². The van der Waals surface area contributed by atoms with Gasteiger partial charge in [-0.25, -0.2) is 13.1 Å². The second-order valence-corrected chi connectivity index (χ2v) is 7.14. The van der Waals surface area contributed by atoms with Gasteiger partial charge in [0.2, 0.25) is 5.91 Å². The maximum absolute atomic E-state index is 11.8. The average Bonchev–Trinajstić information content (AvgIpc) is 3.06. The molecule has 0 unspecified atom stereocenters. The molecule has 1 aromatic heterocycles. The van der Waals surface area contributed by atoms with E-state index < -0.39 is 10.0 Å². The second kappa shape index (κ2) is 6.47. The highest BCUT2D eigenvalue weighted by atomic mass is 32.2. The molecular formula is C11H16N2O4S2. The third kappa shape index (κ3) is 4.27. The predicted molar refractivity (Wildman–Crippen MR) is 71.5 cm³/mol. The smallest absolute Gasteiger partial charge is 0.250 e.